The van der Waals surface area contributed by atoms with E-state index < -0.39 is 0 Å². The Morgan fingerprint density at radius 2 is 1.88 bits per heavy atom. The lowest BCUT2D eigenvalue weighted by atomic mass is 10.1. The highest BCUT2D eigenvalue weighted by Gasteiger charge is 2.26. The molecule has 142 valence electrons. The number of fused-ring (bicyclic) bond motifs is 1. The minimum Gasteiger partial charge on any atom is -0.468 e. The lowest BCUT2D eigenvalue weighted by Gasteiger charge is -2.25. The number of nitrogens with two attached hydrogens (primary N) is 1. The zero-order valence-corrected chi connectivity index (χ0v) is 15.0. The molecule has 26 heavy (non-hydrogen) atoms. The molecule has 2 fully saturated rings. The van der Waals surface area contributed by atoms with Crippen LogP contribution < -0.4 is 15.2 Å². The molecule has 0 radical (unpaired) electrons. The number of hydrogen-bond donors (Lipinski definition) is 1. The quantitative estimate of drug-likeness (QED) is 0.860. The maximum Gasteiger partial charge on any atom is 0.320 e. The van der Waals surface area contributed by atoms with Crippen LogP contribution >= 0.6 is 0 Å². The van der Waals surface area contributed by atoms with Crippen molar-refractivity contribution >= 4 is 17.0 Å². The molecular weight excluding hydrogens is 338 g/mol. The van der Waals surface area contributed by atoms with Crippen LogP contribution in [0.3, 0.4) is 0 Å². The number of nitrogen functional groups attached to an aromatic ring is 1. The van der Waals surface area contributed by atoms with Gasteiger partial charge in [0.2, 0.25) is 0 Å². The van der Waals surface area contributed by atoms with Crippen molar-refractivity contribution in [3.8, 4) is 12.0 Å². The third-order valence-electron chi connectivity index (χ3n) is 4.81. The fraction of sp³-hybridized carbons (Fsp3) is 0.706. The Balaban J connectivity index is 1.63. The van der Waals surface area contributed by atoms with Crippen LogP contribution in [0.1, 0.15) is 44.8 Å². The molecule has 9 heteroatoms. The van der Waals surface area contributed by atoms with Crippen LogP contribution in [0.15, 0.2) is 0 Å². The highest BCUT2D eigenvalue weighted by atomic mass is 16.5. The van der Waals surface area contributed by atoms with Crippen molar-refractivity contribution in [3.63, 3.8) is 0 Å². The van der Waals surface area contributed by atoms with E-state index in [1.807, 2.05) is 4.57 Å². The topological polar surface area (TPSA) is 107 Å². The number of ether oxygens (including phenoxy) is 4. The Morgan fingerprint density at radius 3 is 2.58 bits per heavy atom. The van der Waals surface area contributed by atoms with E-state index in [9.17, 15) is 0 Å². The average molecular weight is 363 g/mol. The van der Waals surface area contributed by atoms with Gasteiger partial charge in [-0.15, -0.1) is 0 Å². The minimum atomic E-state index is -0.174. The SMILES string of the molecule is COc1nc2c(N)nc(OCC3CCCCO3)nc2n1C1CCCCO1. The van der Waals surface area contributed by atoms with E-state index in [-0.39, 0.29) is 24.2 Å². The van der Waals surface area contributed by atoms with Gasteiger partial charge in [-0.3, -0.25) is 4.57 Å². The Morgan fingerprint density at radius 1 is 1.08 bits per heavy atom. The fourth-order valence-corrected chi connectivity index (χ4v) is 3.46. The number of rotatable bonds is 5. The van der Waals surface area contributed by atoms with Crippen molar-refractivity contribution < 1.29 is 18.9 Å². The van der Waals surface area contributed by atoms with E-state index >= 15 is 0 Å². The van der Waals surface area contributed by atoms with Gasteiger partial charge in [-0.05, 0) is 38.5 Å². The average Bonchev–Trinajstić information content (AvgIpc) is 3.07. The van der Waals surface area contributed by atoms with Crippen LogP contribution in [0.25, 0.3) is 11.2 Å². The van der Waals surface area contributed by atoms with E-state index in [0.29, 0.717) is 30.4 Å². The first-order valence-electron chi connectivity index (χ1n) is 9.21. The van der Waals surface area contributed by atoms with Crippen LogP contribution in [-0.4, -0.2) is 52.6 Å². The van der Waals surface area contributed by atoms with Crippen LogP contribution in [0.4, 0.5) is 5.82 Å². The Hall–Kier alpha value is -2.13. The third-order valence-corrected chi connectivity index (χ3v) is 4.81. The van der Waals surface area contributed by atoms with Crippen LogP contribution in [0, 0.1) is 0 Å². The van der Waals surface area contributed by atoms with Crippen LogP contribution in [-0.2, 0) is 9.47 Å². The van der Waals surface area contributed by atoms with Crippen molar-refractivity contribution in [3.05, 3.63) is 0 Å². The van der Waals surface area contributed by atoms with Crippen molar-refractivity contribution in [2.24, 2.45) is 0 Å². The van der Waals surface area contributed by atoms with Gasteiger partial charge in [0, 0.05) is 13.2 Å². The Bertz CT molecular complexity index is 753. The molecule has 2 aliphatic heterocycles. The lowest BCUT2D eigenvalue weighted by Crippen LogP contribution is -2.26. The summed E-state index contributed by atoms with van der Waals surface area (Å²) in [5, 5.41) is 0. The number of nitrogens with zero attached hydrogens (tertiary/aromatic N) is 4. The summed E-state index contributed by atoms with van der Waals surface area (Å²) >= 11 is 0. The zero-order valence-electron chi connectivity index (χ0n) is 15.0. The molecule has 2 atom stereocenters. The van der Waals surface area contributed by atoms with Crippen molar-refractivity contribution in [1.29, 1.82) is 0 Å². The standard InChI is InChI=1S/C17H25N5O4/c1-23-17-19-13-14(18)20-16(26-10-11-6-2-4-8-24-11)21-15(13)22(17)12-7-3-5-9-25-12/h11-12H,2-10H2,1H3,(H2,18,20,21). The summed E-state index contributed by atoms with van der Waals surface area (Å²) in [6, 6.07) is 0.643. The first-order valence-corrected chi connectivity index (χ1v) is 9.21. The van der Waals surface area contributed by atoms with E-state index in [4.69, 9.17) is 24.7 Å². The summed E-state index contributed by atoms with van der Waals surface area (Å²) in [6.07, 6.45) is 6.15. The molecule has 0 saturated carbocycles. The maximum atomic E-state index is 6.10. The van der Waals surface area contributed by atoms with Gasteiger partial charge in [-0.25, -0.2) is 0 Å². The molecule has 2 aromatic rings. The lowest BCUT2D eigenvalue weighted by molar-refractivity contribution is -0.0335. The van der Waals surface area contributed by atoms with Gasteiger partial charge < -0.3 is 24.7 Å². The summed E-state index contributed by atoms with van der Waals surface area (Å²) in [7, 11) is 1.57. The minimum absolute atomic E-state index is 0.0744. The number of methoxy groups -OCH3 is 1. The highest BCUT2D eigenvalue weighted by Crippen LogP contribution is 2.33. The molecule has 0 bridgehead atoms. The van der Waals surface area contributed by atoms with E-state index in [2.05, 4.69) is 15.0 Å². The monoisotopic (exact) mass is 363 g/mol. The molecule has 2 N–H and O–H groups in total. The van der Waals surface area contributed by atoms with E-state index in [1.54, 1.807) is 7.11 Å². The smallest absolute Gasteiger partial charge is 0.320 e. The van der Waals surface area contributed by atoms with Gasteiger partial charge >= 0.3 is 12.0 Å². The zero-order chi connectivity index (χ0) is 17.9. The largest absolute Gasteiger partial charge is 0.468 e. The molecule has 0 amide bonds. The second-order valence-electron chi connectivity index (χ2n) is 6.65. The molecule has 4 rings (SSSR count). The second-order valence-corrected chi connectivity index (χ2v) is 6.65. The summed E-state index contributed by atoms with van der Waals surface area (Å²) in [4.78, 5) is 13.2. The van der Waals surface area contributed by atoms with Crippen LogP contribution in [0.2, 0.25) is 0 Å². The number of aromatic nitrogens is 4. The fourth-order valence-electron chi connectivity index (χ4n) is 3.46. The molecule has 2 aromatic heterocycles. The van der Waals surface area contributed by atoms with Gasteiger partial charge in [-0.2, -0.15) is 15.0 Å². The van der Waals surface area contributed by atoms with Gasteiger partial charge in [0.25, 0.3) is 0 Å². The van der Waals surface area contributed by atoms with E-state index in [1.165, 1.54) is 0 Å². The molecule has 0 spiro atoms. The number of hydrogen-bond acceptors (Lipinski definition) is 8. The summed E-state index contributed by atoms with van der Waals surface area (Å²) in [5.41, 5.74) is 7.17. The Kier molecular flexibility index (Phi) is 5.07. The van der Waals surface area contributed by atoms with Crippen molar-refractivity contribution in [1.82, 2.24) is 19.5 Å². The van der Waals surface area contributed by atoms with E-state index in [0.717, 1.165) is 45.1 Å². The van der Waals surface area contributed by atoms with Gasteiger partial charge in [0.1, 0.15) is 12.8 Å². The third kappa shape index (κ3) is 3.41. The molecule has 0 aromatic carbocycles. The normalized spacial score (nSPS) is 23.9. The molecule has 2 unspecified atom stereocenters. The van der Waals surface area contributed by atoms with Crippen molar-refractivity contribution in [2.75, 3.05) is 32.7 Å². The summed E-state index contributed by atoms with van der Waals surface area (Å²) in [5.74, 6) is 0.266. The first kappa shape index (κ1) is 17.3. The first-order chi connectivity index (χ1) is 12.8. The van der Waals surface area contributed by atoms with Gasteiger partial charge in [0.05, 0.1) is 13.2 Å². The highest BCUT2D eigenvalue weighted by molar-refractivity contribution is 5.83. The van der Waals surface area contributed by atoms with Gasteiger partial charge in [-0.1, -0.05) is 0 Å². The predicted molar refractivity (Wildman–Crippen MR) is 94.2 cm³/mol. The molecule has 9 nitrogen and oxygen atoms in total. The van der Waals surface area contributed by atoms with Crippen molar-refractivity contribution in [2.45, 2.75) is 50.9 Å². The molecular formula is C17H25N5O4. The predicted octanol–water partition coefficient (Wildman–Crippen LogP) is 2.06. The number of imidazole rings is 1. The maximum absolute atomic E-state index is 6.10. The summed E-state index contributed by atoms with van der Waals surface area (Å²) < 4.78 is 24.6. The molecule has 2 saturated heterocycles. The molecule has 0 aliphatic carbocycles. The summed E-state index contributed by atoms with van der Waals surface area (Å²) in [6.45, 7) is 1.89. The van der Waals surface area contributed by atoms with Crippen LogP contribution in [0.5, 0.6) is 12.0 Å². The van der Waals surface area contributed by atoms with Gasteiger partial charge in [0.15, 0.2) is 17.0 Å². The number of anilines is 1. The molecule has 4 heterocycles. The Labute approximate surface area is 151 Å². The molecule has 2 aliphatic rings. The second kappa shape index (κ2) is 7.63.